The Balaban J connectivity index is 2.31. The molecule has 1 heterocycles. The van der Waals surface area contributed by atoms with E-state index in [1.54, 1.807) is 12.1 Å². The highest BCUT2D eigenvalue weighted by atomic mass is 19.1. The van der Waals surface area contributed by atoms with Crippen LogP contribution in [0.3, 0.4) is 0 Å². The van der Waals surface area contributed by atoms with E-state index in [0.717, 1.165) is 16.5 Å². The maximum Gasteiger partial charge on any atom is 0.171 e. The number of aliphatic imine (C=N–C) groups is 1. The van der Waals surface area contributed by atoms with Crippen molar-refractivity contribution in [3.05, 3.63) is 30.0 Å². The number of H-pyrrole nitrogens is 1. The summed E-state index contributed by atoms with van der Waals surface area (Å²) in [6, 6.07) is 5.13. The zero-order chi connectivity index (χ0) is 10.7. The van der Waals surface area contributed by atoms with Crippen LogP contribution in [-0.4, -0.2) is 23.1 Å². The summed E-state index contributed by atoms with van der Waals surface area (Å²) in [4.78, 5) is 6.59. The summed E-state index contributed by atoms with van der Waals surface area (Å²) in [5.41, 5.74) is 2.00. The molecule has 78 valence electrons. The maximum atomic E-state index is 11.7. The second kappa shape index (κ2) is 4.13. The fourth-order valence-electron chi connectivity index (χ4n) is 1.61. The Kier molecular flexibility index (Phi) is 2.67. The number of nitrogens with zero attached hydrogens (tertiary/aromatic N) is 1. The lowest BCUT2D eigenvalue weighted by Gasteiger charge is -1.96. The van der Waals surface area contributed by atoms with Gasteiger partial charge in [0.15, 0.2) is 6.47 Å². The van der Waals surface area contributed by atoms with Crippen molar-refractivity contribution >= 4 is 17.4 Å². The van der Waals surface area contributed by atoms with Gasteiger partial charge in [0.25, 0.3) is 0 Å². The number of halogens is 1. The largest absolute Gasteiger partial charge is 0.508 e. The number of rotatable bonds is 3. The molecule has 1 aromatic heterocycles. The predicted octanol–water partition coefficient (Wildman–Crippen LogP) is 2.41. The van der Waals surface area contributed by atoms with Crippen LogP contribution >= 0.6 is 0 Å². The van der Waals surface area contributed by atoms with Crippen LogP contribution in [0, 0.1) is 0 Å². The molecule has 15 heavy (non-hydrogen) atoms. The van der Waals surface area contributed by atoms with E-state index in [1.165, 1.54) is 0 Å². The second-order valence-electron chi connectivity index (χ2n) is 3.30. The summed E-state index contributed by atoms with van der Waals surface area (Å²) < 4.78 is 11.7. The first-order chi connectivity index (χ1) is 7.31. The first-order valence-corrected chi connectivity index (χ1v) is 4.69. The Bertz CT molecular complexity index is 490. The third kappa shape index (κ3) is 1.98. The average molecular weight is 206 g/mol. The van der Waals surface area contributed by atoms with E-state index in [-0.39, 0.29) is 5.75 Å². The molecular weight excluding hydrogens is 195 g/mol. The molecular formula is C11H11FN2O. The summed E-state index contributed by atoms with van der Waals surface area (Å²) in [5, 5.41) is 10.3. The maximum absolute atomic E-state index is 11.7. The van der Waals surface area contributed by atoms with Crippen LogP contribution in [-0.2, 0) is 6.42 Å². The van der Waals surface area contributed by atoms with Crippen molar-refractivity contribution in [1.82, 2.24) is 4.98 Å². The summed E-state index contributed by atoms with van der Waals surface area (Å²) in [6.45, 7) is 0.728. The van der Waals surface area contributed by atoms with Crippen LogP contribution in [0.4, 0.5) is 4.39 Å². The summed E-state index contributed by atoms with van der Waals surface area (Å²) in [6.07, 6.45) is 2.52. The minimum absolute atomic E-state index is 0.234. The molecule has 0 spiro atoms. The smallest absolute Gasteiger partial charge is 0.171 e. The van der Waals surface area contributed by atoms with Gasteiger partial charge in [0.1, 0.15) is 5.75 Å². The van der Waals surface area contributed by atoms with Gasteiger partial charge < -0.3 is 10.1 Å². The molecule has 0 amide bonds. The van der Waals surface area contributed by atoms with Gasteiger partial charge in [-0.2, -0.15) is 4.39 Å². The lowest BCUT2D eigenvalue weighted by molar-refractivity contribution is 0.476. The predicted molar refractivity (Wildman–Crippen MR) is 58.1 cm³/mol. The molecule has 3 nitrogen and oxygen atoms in total. The number of aromatic nitrogens is 1. The van der Waals surface area contributed by atoms with Crippen LogP contribution in [0.25, 0.3) is 10.9 Å². The zero-order valence-corrected chi connectivity index (χ0v) is 8.07. The highest BCUT2D eigenvalue weighted by Crippen LogP contribution is 2.23. The highest BCUT2D eigenvalue weighted by Gasteiger charge is 2.03. The topological polar surface area (TPSA) is 48.4 Å². The fraction of sp³-hybridized carbons (Fsp3) is 0.182. The number of aromatic amines is 1. The van der Waals surface area contributed by atoms with Crippen molar-refractivity contribution < 1.29 is 9.50 Å². The summed E-state index contributed by atoms with van der Waals surface area (Å²) >= 11 is 0. The number of aromatic hydroxyl groups is 1. The van der Waals surface area contributed by atoms with Gasteiger partial charge in [-0.3, -0.25) is 4.99 Å². The third-order valence-electron chi connectivity index (χ3n) is 2.33. The van der Waals surface area contributed by atoms with Gasteiger partial charge in [0.2, 0.25) is 0 Å². The lowest BCUT2D eigenvalue weighted by Crippen LogP contribution is -1.87. The molecule has 0 saturated heterocycles. The highest BCUT2D eigenvalue weighted by molar-refractivity contribution is 5.84. The number of phenolic OH excluding ortho intramolecular Hbond substituents is 1. The molecule has 0 atom stereocenters. The van der Waals surface area contributed by atoms with E-state index in [2.05, 4.69) is 9.98 Å². The molecule has 0 aliphatic rings. The molecule has 0 bridgehead atoms. The molecule has 0 unspecified atom stereocenters. The van der Waals surface area contributed by atoms with Crippen LogP contribution in [0.5, 0.6) is 5.75 Å². The number of hydrogen-bond acceptors (Lipinski definition) is 2. The van der Waals surface area contributed by atoms with Crippen molar-refractivity contribution in [3.63, 3.8) is 0 Å². The third-order valence-corrected chi connectivity index (χ3v) is 2.33. The van der Waals surface area contributed by atoms with Crippen LogP contribution < -0.4 is 0 Å². The quantitative estimate of drug-likeness (QED) is 0.744. The lowest BCUT2D eigenvalue weighted by atomic mass is 10.1. The van der Waals surface area contributed by atoms with E-state index >= 15 is 0 Å². The van der Waals surface area contributed by atoms with Crippen LogP contribution in [0.2, 0.25) is 0 Å². The molecule has 0 saturated carbocycles. The summed E-state index contributed by atoms with van der Waals surface area (Å²) in [7, 11) is 0. The Morgan fingerprint density at radius 3 is 3.13 bits per heavy atom. The number of hydrogen-bond donors (Lipinski definition) is 2. The minimum Gasteiger partial charge on any atom is -0.508 e. The van der Waals surface area contributed by atoms with Gasteiger partial charge in [-0.25, -0.2) is 0 Å². The Labute approximate surface area is 86.3 Å². The molecule has 0 radical (unpaired) electrons. The molecule has 1 aromatic carbocycles. The van der Waals surface area contributed by atoms with Crippen molar-refractivity contribution in [2.75, 3.05) is 6.54 Å². The van der Waals surface area contributed by atoms with Gasteiger partial charge in [-0.15, -0.1) is 0 Å². The molecule has 0 aliphatic heterocycles. The van der Waals surface area contributed by atoms with Crippen LogP contribution in [0.1, 0.15) is 5.56 Å². The normalized spacial score (nSPS) is 11.5. The standard InChI is InChI=1S/C11H11FN2O/c12-7-13-4-3-8-6-14-11-2-1-9(15)5-10(8)11/h1-2,5-7,14-15H,3-4H2. The molecule has 2 rings (SSSR count). The molecule has 2 aromatic rings. The SMILES string of the molecule is Oc1ccc2[nH]cc(CCN=CF)c2c1. The van der Waals surface area contributed by atoms with Crippen molar-refractivity contribution in [1.29, 1.82) is 0 Å². The second-order valence-corrected chi connectivity index (χ2v) is 3.30. The number of phenols is 1. The van der Waals surface area contributed by atoms with Gasteiger partial charge >= 0.3 is 0 Å². The Morgan fingerprint density at radius 2 is 2.33 bits per heavy atom. The minimum atomic E-state index is 0.234. The van der Waals surface area contributed by atoms with E-state index in [0.29, 0.717) is 19.4 Å². The zero-order valence-electron chi connectivity index (χ0n) is 8.07. The van der Waals surface area contributed by atoms with Gasteiger partial charge in [-0.1, -0.05) is 0 Å². The van der Waals surface area contributed by atoms with E-state index in [9.17, 15) is 9.50 Å². The van der Waals surface area contributed by atoms with E-state index in [1.807, 2.05) is 12.3 Å². The van der Waals surface area contributed by atoms with Crippen molar-refractivity contribution in [2.45, 2.75) is 6.42 Å². The Morgan fingerprint density at radius 1 is 1.47 bits per heavy atom. The molecule has 0 aliphatic carbocycles. The number of nitrogens with one attached hydrogen (secondary N) is 1. The van der Waals surface area contributed by atoms with Gasteiger partial charge in [0, 0.05) is 23.6 Å². The van der Waals surface area contributed by atoms with Gasteiger partial charge in [-0.05, 0) is 30.2 Å². The first-order valence-electron chi connectivity index (χ1n) is 4.69. The number of fused-ring (bicyclic) bond motifs is 1. The van der Waals surface area contributed by atoms with E-state index in [4.69, 9.17) is 0 Å². The first kappa shape index (κ1) is 9.71. The molecule has 0 fully saturated rings. The summed E-state index contributed by atoms with van der Waals surface area (Å²) in [5.74, 6) is 0.234. The van der Waals surface area contributed by atoms with Crippen molar-refractivity contribution in [2.24, 2.45) is 4.99 Å². The monoisotopic (exact) mass is 206 g/mol. The number of benzene rings is 1. The fourth-order valence-corrected chi connectivity index (χ4v) is 1.61. The average Bonchev–Trinajstić information content (AvgIpc) is 2.62. The van der Waals surface area contributed by atoms with Gasteiger partial charge in [0.05, 0.1) is 0 Å². The van der Waals surface area contributed by atoms with E-state index < -0.39 is 0 Å². The van der Waals surface area contributed by atoms with Crippen molar-refractivity contribution in [3.8, 4) is 5.75 Å². The Hall–Kier alpha value is -1.84. The molecule has 4 heteroatoms. The van der Waals surface area contributed by atoms with Crippen LogP contribution in [0.15, 0.2) is 29.4 Å². The molecule has 2 N–H and O–H groups in total.